The Morgan fingerprint density at radius 3 is 2.23 bits per heavy atom. The quantitative estimate of drug-likeness (QED) is 0.345. The lowest BCUT2D eigenvalue weighted by atomic mass is 9.99. The van der Waals surface area contributed by atoms with Crippen molar-refractivity contribution in [2.45, 2.75) is 18.6 Å². The number of carbonyl (C=O) groups is 2. The number of nitrogens with one attached hydrogen (secondary N) is 1. The normalized spacial score (nSPS) is 18.2. The highest BCUT2D eigenvalue weighted by molar-refractivity contribution is 7.80. The number of anilines is 2. The fourth-order valence-electron chi connectivity index (χ4n) is 5.46. The summed E-state index contributed by atoms with van der Waals surface area (Å²) in [6.07, 6.45) is 0.0953. The van der Waals surface area contributed by atoms with Gasteiger partial charge in [0, 0.05) is 35.5 Å². The van der Waals surface area contributed by atoms with Gasteiger partial charge in [0.1, 0.15) is 4.99 Å². The van der Waals surface area contributed by atoms with Gasteiger partial charge in [-0.2, -0.15) is 0 Å². The number of fused-ring (bicyclic) bond motifs is 2. The van der Waals surface area contributed by atoms with Gasteiger partial charge in [0.2, 0.25) is 0 Å². The summed E-state index contributed by atoms with van der Waals surface area (Å²) in [6, 6.07) is 31.9. The first-order valence-corrected chi connectivity index (χ1v) is 13.4. The molecule has 1 fully saturated rings. The predicted molar refractivity (Wildman–Crippen MR) is 157 cm³/mol. The third kappa shape index (κ3) is 4.82. The van der Waals surface area contributed by atoms with Crippen molar-refractivity contribution in [3.05, 3.63) is 120 Å². The summed E-state index contributed by atoms with van der Waals surface area (Å²) >= 11 is 5.77. The average molecular weight is 534 g/mol. The third-order valence-corrected chi connectivity index (χ3v) is 7.82. The van der Waals surface area contributed by atoms with Crippen LogP contribution < -0.4 is 10.2 Å². The molecule has 0 spiro atoms. The van der Waals surface area contributed by atoms with Crippen molar-refractivity contribution in [1.29, 1.82) is 0 Å². The Bertz CT molecular complexity index is 1550. The van der Waals surface area contributed by atoms with Crippen LogP contribution in [0.5, 0.6) is 0 Å². The molecule has 0 aliphatic carbocycles. The zero-order valence-electron chi connectivity index (χ0n) is 21.2. The molecule has 1 saturated heterocycles. The topological polar surface area (TPSA) is 72.9 Å². The number of aliphatic hydroxyl groups is 1. The lowest BCUT2D eigenvalue weighted by molar-refractivity contribution is 0.0981. The van der Waals surface area contributed by atoms with Crippen molar-refractivity contribution in [3.63, 3.8) is 0 Å². The predicted octanol–water partition coefficient (Wildman–Crippen LogP) is 5.38. The standard InChI is InChI=1S/C32H27N3O3S/c36-25-18-24-19-35(29-13-7-6-12-28(29)32(39)34(24)20-25)31(38)22-14-16-23(17-15-22)33-30(37)27-11-5-4-10-26(27)21-8-2-1-3-9-21/h1-17,24-25,36H,18-20H2,(H,33,37)/t24-,25-/m1/s1. The Hall–Kier alpha value is -4.33. The molecule has 0 radical (unpaired) electrons. The molecule has 4 aromatic carbocycles. The van der Waals surface area contributed by atoms with E-state index in [-0.39, 0.29) is 17.9 Å². The van der Waals surface area contributed by atoms with Crippen molar-refractivity contribution in [3.8, 4) is 11.1 Å². The van der Waals surface area contributed by atoms with Crippen LogP contribution in [0.25, 0.3) is 11.1 Å². The number of benzene rings is 4. The Morgan fingerprint density at radius 1 is 0.795 bits per heavy atom. The van der Waals surface area contributed by atoms with Crippen molar-refractivity contribution >= 4 is 40.4 Å². The second-order valence-corrected chi connectivity index (χ2v) is 10.3. The minimum absolute atomic E-state index is 0.0490. The smallest absolute Gasteiger partial charge is 0.258 e. The van der Waals surface area contributed by atoms with E-state index in [4.69, 9.17) is 12.2 Å². The fraction of sp³-hybridized carbons (Fsp3) is 0.156. The molecule has 2 aliphatic rings. The van der Waals surface area contributed by atoms with Crippen molar-refractivity contribution in [1.82, 2.24) is 4.90 Å². The molecule has 2 N–H and O–H groups in total. The maximum Gasteiger partial charge on any atom is 0.258 e. The second kappa shape index (κ2) is 10.4. The summed E-state index contributed by atoms with van der Waals surface area (Å²) in [6.45, 7) is 0.906. The van der Waals surface area contributed by atoms with E-state index in [1.54, 1.807) is 35.2 Å². The lowest BCUT2D eigenvalue weighted by Crippen LogP contribution is -2.41. The Balaban J connectivity index is 1.24. The molecule has 0 aromatic heterocycles. The maximum atomic E-state index is 13.8. The Morgan fingerprint density at radius 2 is 1.46 bits per heavy atom. The van der Waals surface area contributed by atoms with Crippen LogP contribution in [0, 0.1) is 0 Å². The summed E-state index contributed by atoms with van der Waals surface area (Å²) in [5, 5.41) is 13.3. The number of hydrogen-bond acceptors (Lipinski definition) is 4. The highest BCUT2D eigenvalue weighted by Gasteiger charge is 2.39. The van der Waals surface area contributed by atoms with Gasteiger partial charge in [-0.25, -0.2) is 0 Å². The van der Waals surface area contributed by atoms with Gasteiger partial charge in [-0.15, -0.1) is 0 Å². The van der Waals surface area contributed by atoms with Crippen LogP contribution in [0.1, 0.15) is 32.7 Å². The van der Waals surface area contributed by atoms with Crippen molar-refractivity contribution in [2.75, 3.05) is 23.3 Å². The first-order valence-electron chi connectivity index (χ1n) is 13.0. The highest BCUT2D eigenvalue weighted by atomic mass is 32.1. The van der Waals surface area contributed by atoms with Gasteiger partial charge in [-0.3, -0.25) is 9.59 Å². The molecule has 4 aromatic rings. The average Bonchev–Trinajstić information content (AvgIpc) is 3.31. The van der Waals surface area contributed by atoms with Crippen LogP contribution in [0.15, 0.2) is 103 Å². The number of para-hydroxylation sites is 1. The zero-order chi connectivity index (χ0) is 26.9. The van der Waals surface area contributed by atoms with E-state index in [0.717, 1.165) is 22.4 Å². The minimum atomic E-state index is -0.468. The van der Waals surface area contributed by atoms with Gasteiger partial charge >= 0.3 is 0 Å². The largest absolute Gasteiger partial charge is 0.391 e. The van der Waals surface area contributed by atoms with Crippen molar-refractivity contribution < 1.29 is 14.7 Å². The number of carbonyl (C=O) groups excluding carboxylic acids is 2. The third-order valence-electron chi connectivity index (χ3n) is 7.36. The van der Waals surface area contributed by atoms with Crippen LogP contribution >= 0.6 is 12.2 Å². The van der Waals surface area contributed by atoms with E-state index in [0.29, 0.717) is 41.3 Å². The monoisotopic (exact) mass is 533 g/mol. The molecule has 39 heavy (non-hydrogen) atoms. The van der Waals surface area contributed by atoms with E-state index < -0.39 is 6.10 Å². The van der Waals surface area contributed by atoms with Crippen LogP contribution in [0.3, 0.4) is 0 Å². The number of thiocarbonyl (C=S) groups is 1. The summed E-state index contributed by atoms with van der Waals surface area (Å²) in [4.78, 5) is 31.4. The van der Waals surface area contributed by atoms with E-state index in [9.17, 15) is 14.7 Å². The summed E-state index contributed by atoms with van der Waals surface area (Å²) in [5.41, 5.74) is 5.09. The second-order valence-electron chi connectivity index (χ2n) is 9.88. The number of nitrogens with zero attached hydrogens (tertiary/aromatic N) is 2. The van der Waals surface area contributed by atoms with E-state index in [1.807, 2.05) is 77.7 Å². The summed E-state index contributed by atoms with van der Waals surface area (Å²) < 4.78 is 0. The van der Waals surface area contributed by atoms with Gasteiger partial charge in [-0.1, -0.05) is 72.9 Å². The molecule has 2 atom stereocenters. The lowest BCUT2D eigenvalue weighted by Gasteiger charge is -2.27. The summed E-state index contributed by atoms with van der Waals surface area (Å²) in [7, 11) is 0. The van der Waals surface area contributed by atoms with Gasteiger partial charge in [-0.05, 0) is 60.0 Å². The molecule has 2 amide bonds. The molecule has 0 unspecified atom stereocenters. The SMILES string of the molecule is O=C(Nc1ccc(C(=O)N2C[C@H]3C[C@@H](O)CN3C(=S)c3ccccc32)cc1)c1ccccc1-c1ccccc1. The molecule has 0 saturated carbocycles. The molecule has 2 aliphatic heterocycles. The van der Waals surface area contributed by atoms with Gasteiger partial charge < -0.3 is 20.2 Å². The minimum Gasteiger partial charge on any atom is -0.391 e. The van der Waals surface area contributed by atoms with E-state index in [1.165, 1.54) is 0 Å². The molecule has 0 bridgehead atoms. The van der Waals surface area contributed by atoms with Crippen LogP contribution in [-0.4, -0.2) is 52.0 Å². The van der Waals surface area contributed by atoms with Crippen LogP contribution in [-0.2, 0) is 0 Å². The maximum absolute atomic E-state index is 13.8. The molecule has 6 nitrogen and oxygen atoms in total. The van der Waals surface area contributed by atoms with Crippen LogP contribution in [0.2, 0.25) is 0 Å². The number of hydrogen-bond donors (Lipinski definition) is 2. The van der Waals surface area contributed by atoms with Gasteiger partial charge in [0.05, 0.1) is 17.8 Å². The molecule has 194 valence electrons. The number of amides is 2. The van der Waals surface area contributed by atoms with Gasteiger partial charge in [0.15, 0.2) is 0 Å². The fourth-order valence-corrected chi connectivity index (χ4v) is 5.86. The number of aliphatic hydroxyl groups excluding tert-OH is 1. The Labute approximate surface area is 232 Å². The van der Waals surface area contributed by atoms with Gasteiger partial charge in [0.25, 0.3) is 11.8 Å². The van der Waals surface area contributed by atoms with Crippen molar-refractivity contribution in [2.24, 2.45) is 0 Å². The van der Waals surface area contributed by atoms with Crippen LogP contribution in [0.4, 0.5) is 11.4 Å². The van der Waals surface area contributed by atoms with E-state index >= 15 is 0 Å². The highest BCUT2D eigenvalue weighted by Crippen LogP contribution is 2.33. The first kappa shape index (κ1) is 25.0. The number of rotatable bonds is 4. The Kier molecular flexibility index (Phi) is 6.69. The molecule has 2 heterocycles. The van der Waals surface area contributed by atoms with E-state index in [2.05, 4.69) is 5.32 Å². The summed E-state index contributed by atoms with van der Waals surface area (Å²) in [5.74, 6) is -0.371. The molecule has 7 heteroatoms. The first-order chi connectivity index (χ1) is 19.0. The molecular formula is C32H27N3O3S. The zero-order valence-corrected chi connectivity index (χ0v) is 22.0. The molecule has 6 rings (SSSR count). The molecular weight excluding hydrogens is 506 g/mol.